The van der Waals surface area contributed by atoms with Crippen molar-refractivity contribution in [2.24, 2.45) is 0 Å². The standard InChI is InChI=1S/C8H7Cl2F2NO/c1-14-6-4(2-9)5(8(11)12)3-13-7(6)10/h3,8H,2H2,1H3. The Morgan fingerprint density at radius 1 is 1.57 bits per heavy atom. The Bertz CT molecular complexity index is 333. The molecule has 0 aliphatic carbocycles. The van der Waals surface area contributed by atoms with Crippen LogP contribution in [0.3, 0.4) is 0 Å². The van der Waals surface area contributed by atoms with Crippen LogP contribution >= 0.6 is 23.2 Å². The number of nitrogens with zero attached hydrogens (tertiary/aromatic N) is 1. The molecule has 0 spiro atoms. The molecule has 0 unspecified atom stereocenters. The van der Waals surface area contributed by atoms with Crippen LogP contribution in [-0.4, -0.2) is 12.1 Å². The lowest BCUT2D eigenvalue weighted by molar-refractivity contribution is 0.149. The van der Waals surface area contributed by atoms with Crippen molar-refractivity contribution >= 4 is 23.2 Å². The third-order valence-corrected chi connectivity index (χ3v) is 2.24. The Hall–Kier alpha value is -0.610. The Balaban J connectivity index is 3.33. The van der Waals surface area contributed by atoms with Crippen LogP contribution in [0.4, 0.5) is 8.78 Å². The lowest BCUT2D eigenvalue weighted by Gasteiger charge is -2.11. The second-order valence-electron chi connectivity index (χ2n) is 2.45. The highest BCUT2D eigenvalue weighted by Gasteiger charge is 2.19. The minimum absolute atomic E-state index is 0.0348. The summed E-state index contributed by atoms with van der Waals surface area (Å²) in [5.41, 5.74) is -0.0644. The number of pyridine rings is 1. The number of hydrogen-bond acceptors (Lipinski definition) is 2. The first-order valence-corrected chi connectivity index (χ1v) is 4.58. The number of hydrogen-bond donors (Lipinski definition) is 0. The molecule has 1 rings (SSSR count). The zero-order valence-corrected chi connectivity index (χ0v) is 8.74. The molecule has 0 saturated carbocycles. The summed E-state index contributed by atoms with van der Waals surface area (Å²) in [6, 6.07) is 0. The fourth-order valence-corrected chi connectivity index (χ4v) is 1.57. The first kappa shape index (κ1) is 11.5. The first-order chi connectivity index (χ1) is 6.61. The van der Waals surface area contributed by atoms with E-state index in [0.29, 0.717) is 0 Å². The van der Waals surface area contributed by atoms with Gasteiger partial charge in [0.15, 0.2) is 10.9 Å². The fourth-order valence-electron chi connectivity index (χ4n) is 1.05. The van der Waals surface area contributed by atoms with Crippen molar-refractivity contribution in [1.29, 1.82) is 0 Å². The van der Waals surface area contributed by atoms with E-state index in [9.17, 15) is 8.78 Å². The molecule has 0 radical (unpaired) electrons. The van der Waals surface area contributed by atoms with Gasteiger partial charge in [-0.05, 0) is 0 Å². The fraction of sp³-hybridized carbons (Fsp3) is 0.375. The molecule has 1 aromatic rings. The van der Waals surface area contributed by atoms with Gasteiger partial charge in [0.2, 0.25) is 0 Å². The predicted octanol–water partition coefficient (Wildman–Crippen LogP) is 3.42. The summed E-state index contributed by atoms with van der Waals surface area (Å²) in [5.74, 6) is 0.0184. The van der Waals surface area contributed by atoms with Crippen LogP contribution in [0.2, 0.25) is 5.15 Å². The van der Waals surface area contributed by atoms with Crippen molar-refractivity contribution < 1.29 is 13.5 Å². The maximum atomic E-state index is 12.5. The van der Waals surface area contributed by atoms with E-state index in [1.54, 1.807) is 0 Å². The Morgan fingerprint density at radius 2 is 2.21 bits per heavy atom. The topological polar surface area (TPSA) is 22.1 Å². The van der Waals surface area contributed by atoms with Crippen molar-refractivity contribution in [3.8, 4) is 5.75 Å². The molecule has 1 heterocycles. The number of alkyl halides is 3. The summed E-state index contributed by atoms with van der Waals surface area (Å²) in [5, 5.41) is 0.0348. The average molecular weight is 242 g/mol. The van der Waals surface area contributed by atoms with Gasteiger partial charge in [-0.25, -0.2) is 13.8 Å². The second kappa shape index (κ2) is 4.75. The van der Waals surface area contributed by atoms with Gasteiger partial charge in [-0.15, -0.1) is 11.6 Å². The van der Waals surface area contributed by atoms with Crippen LogP contribution in [0.5, 0.6) is 5.75 Å². The average Bonchev–Trinajstić information content (AvgIpc) is 2.16. The number of halogens is 4. The highest BCUT2D eigenvalue weighted by Crippen LogP contribution is 2.34. The van der Waals surface area contributed by atoms with Crippen molar-refractivity contribution in [3.63, 3.8) is 0 Å². The third-order valence-electron chi connectivity index (χ3n) is 1.70. The van der Waals surface area contributed by atoms with Gasteiger partial charge in [0.05, 0.1) is 13.0 Å². The van der Waals surface area contributed by atoms with Gasteiger partial charge in [0.1, 0.15) is 0 Å². The largest absolute Gasteiger partial charge is 0.493 e. The molecule has 14 heavy (non-hydrogen) atoms. The Morgan fingerprint density at radius 3 is 2.64 bits per heavy atom. The Kier molecular flexibility index (Phi) is 3.89. The normalized spacial score (nSPS) is 10.7. The molecule has 0 aliphatic heterocycles. The van der Waals surface area contributed by atoms with E-state index in [0.717, 1.165) is 6.20 Å². The zero-order valence-electron chi connectivity index (χ0n) is 7.23. The molecule has 0 atom stereocenters. The summed E-state index contributed by atoms with van der Waals surface area (Å²) in [4.78, 5) is 3.58. The molecular weight excluding hydrogens is 235 g/mol. The number of ether oxygens (including phenoxy) is 1. The molecule has 0 N–H and O–H groups in total. The highest BCUT2D eigenvalue weighted by molar-refractivity contribution is 6.31. The molecule has 2 nitrogen and oxygen atoms in total. The van der Waals surface area contributed by atoms with Crippen LogP contribution in [0.1, 0.15) is 17.6 Å². The van der Waals surface area contributed by atoms with Gasteiger partial charge in [0.25, 0.3) is 6.43 Å². The van der Waals surface area contributed by atoms with Crippen LogP contribution < -0.4 is 4.74 Å². The summed E-state index contributed by atoms with van der Waals surface area (Å²) < 4.78 is 29.8. The molecule has 0 aromatic carbocycles. The van der Waals surface area contributed by atoms with Crippen molar-refractivity contribution in [3.05, 3.63) is 22.5 Å². The lowest BCUT2D eigenvalue weighted by atomic mass is 10.1. The van der Waals surface area contributed by atoms with Gasteiger partial charge >= 0.3 is 0 Å². The van der Waals surface area contributed by atoms with Crippen LogP contribution in [0.15, 0.2) is 6.20 Å². The summed E-state index contributed by atoms with van der Waals surface area (Å²) in [6.45, 7) is 0. The van der Waals surface area contributed by atoms with E-state index in [-0.39, 0.29) is 27.9 Å². The van der Waals surface area contributed by atoms with Crippen LogP contribution in [-0.2, 0) is 5.88 Å². The summed E-state index contributed by atoms with van der Waals surface area (Å²) >= 11 is 11.2. The van der Waals surface area contributed by atoms with Gasteiger partial charge in [-0.1, -0.05) is 11.6 Å². The first-order valence-electron chi connectivity index (χ1n) is 3.67. The van der Waals surface area contributed by atoms with E-state index in [2.05, 4.69) is 4.98 Å². The monoisotopic (exact) mass is 241 g/mol. The van der Waals surface area contributed by atoms with Gasteiger partial charge in [-0.2, -0.15) is 0 Å². The molecule has 78 valence electrons. The molecular formula is C8H7Cl2F2NO. The molecule has 1 aromatic heterocycles. The maximum Gasteiger partial charge on any atom is 0.265 e. The van der Waals surface area contributed by atoms with E-state index >= 15 is 0 Å². The Labute approximate surface area is 89.8 Å². The molecule has 6 heteroatoms. The van der Waals surface area contributed by atoms with Crippen LogP contribution in [0.25, 0.3) is 0 Å². The second-order valence-corrected chi connectivity index (χ2v) is 3.08. The minimum Gasteiger partial charge on any atom is -0.493 e. The number of methoxy groups -OCH3 is 1. The lowest BCUT2D eigenvalue weighted by Crippen LogP contribution is -1.99. The predicted molar refractivity (Wildman–Crippen MR) is 50.3 cm³/mol. The van der Waals surface area contributed by atoms with E-state index in [1.165, 1.54) is 7.11 Å². The zero-order chi connectivity index (χ0) is 10.7. The maximum absolute atomic E-state index is 12.5. The SMILES string of the molecule is COc1c(Cl)ncc(C(F)F)c1CCl. The minimum atomic E-state index is -2.64. The molecule has 0 saturated heterocycles. The van der Waals surface area contributed by atoms with Crippen molar-refractivity contribution in [2.75, 3.05) is 7.11 Å². The molecule has 0 aliphatic rings. The smallest absolute Gasteiger partial charge is 0.265 e. The third kappa shape index (κ3) is 2.07. The van der Waals surface area contributed by atoms with Gasteiger partial charge in [0, 0.05) is 17.3 Å². The van der Waals surface area contributed by atoms with Gasteiger partial charge in [-0.3, -0.25) is 0 Å². The van der Waals surface area contributed by atoms with E-state index < -0.39 is 6.43 Å². The van der Waals surface area contributed by atoms with Crippen LogP contribution in [0, 0.1) is 0 Å². The quantitative estimate of drug-likeness (QED) is 0.598. The highest BCUT2D eigenvalue weighted by atomic mass is 35.5. The molecule has 0 amide bonds. The van der Waals surface area contributed by atoms with Gasteiger partial charge < -0.3 is 4.74 Å². The number of rotatable bonds is 3. The molecule has 0 fully saturated rings. The molecule has 0 bridgehead atoms. The van der Waals surface area contributed by atoms with Crippen molar-refractivity contribution in [2.45, 2.75) is 12.3 Å². The van der Waals surface area contributed by atoms with Crippen molar-refractivity contribution in [1.82, 2.24) is 4.98 Å². The summed E-state index contributed by atoms with van der Waals surface area (Å²) in [6.07, 6.45) is -1.63. The van der Waals surface area contributed by atoms with E-state index in [4.69, 9.17) is 27.9 Å². The number of aromatic nitrogens is 1. The summed E-state index contributed by atoms with van der Waals surface area (Å²) in [7, 11) is 1.33. The van der Waals surface area contributed by atoms with E-state index in [1.807, 2.05) is 0 Å².